The summed E-state index contributed by atoms with van der Waals surface area (Å²) >= 11 is 0. The summed E-state index contributed by atoms with van der Waals surface area (Å²) < 4.78 is 0. The van der Waals surface area contributed by atoms with Crippen molar-refractivity contribution in [1.82, 2.24) is 4.98 Å². The molecule has 0 spiro atoms. The summed E-state index contributed by atoms with van der Waals surface area (Å²) in [4.78, 5) is 15.9. The lowest BCUT2D eigenvalue weighted by Gasteiger charge is -2.13. The van der Waals surface area contributed by atoms with E-state index >= 15 is 0 Å². The van der Waals surface area contributed by atoms with Crippen LogP contribution in [-0.2, 0) is 4.79 Å². The summed E-state index contributed by atoms with van der Waals surface area (Å²) in [5, 5.41) is 12.4. The van der Waals surface area contributed by atoms with Gasteiger partial charge in [-0.3, -0.25) is 4.79 Å². The number of hydrogen-bond donors (Lipinski definition) is 2. The minimum Gasteiger partial charge on any atom is -0.392 e. The average Bonchev–Trinajstić information content (AvgIpc) is 2.64. The van der Waals surface area contributed by atoms with Crippen molar-refractivity contribution in [2.24, 2.45) is 5.92 Å². The van der Waals surface area contributed by atoms with Gasteiger partial charge in [0, 0.05) is 6.20 Å². The van der Waals surface area contributed by atoms with Crippen molar-refractivity contribution in [1.29, 1.82) is 0 Å². The van der Waals surface area contributed by atoms with E-state index in [0.29, 0.717) is 5.82 Å². The van der Waals surface area contributed by atoms with Crippen LogP contribution in [0.5, 0.6) is 0 Å². The molecular weight excluding hydrogens is 204 g/mol. The Labute approximate surface area is 94.7 Å². The Hall–Kier alpha value is -1.42. The predicted molar refractivity (Wildman–Crippen MR) is 61.0 cm³/mol. The van der Waals surface area contributed by atoms with Gasteiger partial charge in [-0.05, 0) is 43.9 Å². The number of anilines is 1. The quantitative estimate of drug-likeness (QED) is 0.793. The summed E-state index contributed by atoms with van der Waals surface area (Å²) in [5.74, 6) is 0.162. The molecule has 0 radical (unpaired) electrons. The molecule has 2 unspecified atom stereocenters. The SMILES string of the molecule is Cc1ccnc(NC(=O)C2CCCC2O)c1. The number of aromatic nitrogens is 1. The summed E-state index contributed by atoms with van der Waals surface area (Å²) in [6.45, 7) is 1.95. The third-order valence-corrected chi connectivity index (χ3v) is 2.98. The van der Waals surface area contributed by atoms with Crippen molar-refractivity contribution in [3.63, 3.8) is 0 Å². The highest BCUT2D eigenvalue weighted by molar-refractivity contribution is 5.92. The number of rotatable bonds is 2. The van der Waals surface area contributed by atoms with Crippen LogP contribution in [0.15, 0.2) is 18.3 Å². The maximum Gasteiger partial charge on any atom is 0.231 e. The lowest BCUT2D eigenvalue weighted by atomic mass is 10.1. The molecule has 2 rings (SSSR count). The Kier molecular flexibility index (Phi) is 3.19. The van der Waals surface area contributed by atoms with Gasteiger partial charge in [-0.1, -0.05) is 0 Å². The van der Waals surface area contributed by atoms with E-state index in [1.54, 1.807) is 6.20 Å². The number of hydrogen-bond acceptors (Lipinski definition) is 3. The predicted octanol–water partition coefficient (Wildman–Crippen LogP) is 1.49. The number of pyridine rings is 1. The molecule has 1 aromatic heterocycles. The number of nitrogens with one attached hydrogen (secondary N) is 1. The van der Waals surface area contributed by atoms with Gasteiger partial charge in [-0.2, -0.15) is 0 Å². The van der Waals surface area contributed by atoms with Gasteiger partial charge in [0.05, 0.1) is 12.0 Å². The molecule has 1 aromatic rings. The molecule has 1 heterocycles. The lowest BCUT2D eigenvalue weighted by Crippen LogP contribution is -2.28. The fourth-order valence-corrected chi connectivity index (χ4v) is 2.07. The second-order valence-electron chi connectivity index (χ2n) is 4.31. The maximum atomic E-state index is 11.8. The van der Waals surface area contributed by atoms with Crippen molar-refractivity contribution < 1.29 is 9.90 Å². The number of aryl methyl sites for hydroxylation is 1. The average molecular weight is 220 g/mol. The molecule has 16 heavy (non-hydrogen) atoms. The fourth-order valence-electron chi connectivity index (χ4n) is 2.07. The molecule has 4 heteroatoms. The Morgan fingerprint density at radius 1 is 1.56 bits per heavy atom. The lowest BCUT2D eigenvalue weighted by molar-refractivity contribution is -0.122. The van der Waals surface area contributed by atoms with Crippen LogP contribution in [0.4, 0.5) is 5.82 Å². The Bertz CT molecular complexity index is 392. The van der Waals surface area contributed by atoms with Crippen molar-refractivity contribution in [2.45, 2.75) is 32.3 Å². The molecule has 1 amide bonds. The van der Waals surface area contributed by atoms with Gasteiger partial charge in [0.25, 0.3) is 0 Å². The number of aliphatic hydroxyl groups is 1. The zero-order valence-electron chi connectivity index (χ0n) is 9.31. The number of aliphatic hydroxyl groups excluding tert-OH is 1. The molecule has 0 saturated heterocycles. The van der Waals surface area contributed by atoms with E-state index in [1.807, 2.05) is 19.1 Å². The minimum absolute atomic E-state index is 0.122. The zero-order chi connectivity index (χ0) is 11.5. The van der Waals surface area contributed by atoms with Crippen molar-refractivity contribution in [3.05, 3.63) is 23.9 Å². The van der Waals surface area contributed by atoms with E-state index in [9.17, 15) is 9.90 Å². The molecule has 4 nitrogen and oxygen atoms in total. The normalized spacial score (nSPS) is 24.4. The van der Waals surface area contributed by atoms with Crippen LogP contribution in [0.1, 0.15) is 24.8 Å². The van der Waals surface area contributed by atoms with Gasteiger partial charge in [-0.25, -0.2) is 4.98 Å². The van der Waals surface area contributed by atoms with Crippen LogP contribution in [-0.4, -0.2) is 22.1 Å². The molecule has 2 atom stereocenters. The molecule has 1 aliphatic rings. The van der Waals surface area contributed by atoms with Crippen molar-refractivity contribution >= 4 is 11.7 Å². The van der Waals surface area contributed by atoms with Gasteiger partial charge in [0.15, 0.2) is 0 Å². The third-order valence-electron chi connectivity index (χ3n) is 2.98. The Balaban J connectivity index is 2.02. The summed E-state index contributed by atoms with van der Waals surface area (Å²) in [6, 6.07) is 3.69. The summed E-state index contributed by atoms with van der Waals surface area (Å²) in [6.07, 6.45) is 3.57. The van der Waals surface area contributed by atoms with Gasteiger partial charge in [-0.15, -0.1) is 0 Å². The van der Waals surface area contributed by atoms with Crippen LogP contribution in [0.2, 0.25) is 0 Å². The molecule has 1 aliphatic carbocycles. The molecule has 86 valence electrons. The largest absolute Gasteiger partial charge is 0.392 e. The van der Waals surface area contributed by atoms with E-state index in [-0.39, 0.29) is 11.8 Å². The van der Waals surface area contributed by atoms with Gasteiger partial charge >= 0.3 is 0 Å². The highest BCUT2D eigenvalue weighted by Gasteiger charge is 2.31. The highest BCUT2D eigenvalue weighted by atomic mass is 16.3. The molecule has 0 bridgehead atoms. The van der Waals surface area contributed by atoms with E-state index in [1.165, 1.54) is 0 Å². The smallest absolute Gasteiger partial charge is 0.231 e. The van der Waals surface area contributed by atoms with Crippen LogP contribution < -0.4 is 5.32 Å². The number of nitrogens with zero attached hydrogens (tertiary/aromatic N) is 1. The first-order valence-electron chi connectivity index (χ1n) is 5.58. The molecule has 2 N–H and O–H groups in total. The Morgan fingerprint density at radius 2 is 2.38 bits per heavy atom. The van der Waals surface area contributed by atoms with Gasteiger partial charge < -0.3 is 10.4 Å². The van der Waals surface area contributed by atoms with Gasteiger partial charge in [0.1, 0.15) is 5.82 Å². The van der Waals surface area contributed by atoms with Crippen LogP contribution in [0.3, 0.4) is 0 Å². The van der Waals surface area contributed by atoms with E-state index in [4.69, 9.17) is 0 Å². The molecule has 1 saturated carbocycles. The van der Waals surface area contributed by atoms with Crippen molar-refractivity contribution in [2.75, 3.05) is 5.32 Å². The molecular formula is C12H16N2O2. The maximum absolute atomic E-state index is 11.8. The Morgan fingerprint density at radius 3 is 3.00 bits per heavy atom. The van der Waals surface area contributed by atoms with E-state index < -0.39 is 6.10 Å². The standard InChI is InChI=1S/C12H16N2O2/c1-8-5-6-13-11(7-8)14-12(16)9-3-2-4-10(9)15/h5-7,9-10,15H,2-4H2,1H3,(H,13,14,16). The van der Waals surface area contributed by atoms with Crippen LogP contribution in [0, 0.1) is 12.8 Å². The zero-order valence-corrected chi connectivity index (χ0v) is 9.31. The number of amides is 1. The summed E-state index contributed by atoms with van der Waals surface area (Å²) in [7, 11) is 0. The minimum atomic E-state index is -0.496. The topological polar surface area (TPSA) is 62.2 Å². The van der Waals surface area contributed by atoms with E-state index in [0.717, 1.165) is 24.8 Å². The second-order valence-corrected chi connectivity index (χ2v) is 4.31. The first kappa shape index (κ1) is 11.1. The fraction of sp³-hybridized carbons (Fsp3) is 0.500. The monoisotopic (exact) mass is 220 g/mol. The third kappa shape index (κ3) is 2.39. The molecule has 0 aliphatic heterocycles. The molecule has 0 aromatic carbocycles. The highest BCUT2D eigenvalue weighted by Crippen LogP contribution is 2.26. The number of carbonyl (C=O) groups excluding carboxylic acids is 1. The van der Waals surface area contributed by atoms with Crippen molar-refractivity contribution in [3.8, 4) is 0 Å². The van der Waals surface area contributed by atoms with Gasteiger partial charge in [0.2, 0.25) is 5.91 Å². The first-order valence-corrected chi connectivity index (χ1v) is 5.58. The van der Waals surface area contributed by atoms with Crippen LogP contribution in [0.25, 0.3) is 0 Å². The molecule has 1 fully saturated rings. The number of carbonyl (C=O) groups is 1. The van der Waals surface area contributed by atoms with E-state index in [2.05, 4.69) is 10.3 Å². The second kappa shape index (κ2) is 4.61. The summed E-state index contributed by atoms with van der Waals surface area (Å²) in [5.41, 5.74) is 1.05. The van der Waals surface area contributed by atoms with Crippen LogP contribution >= 0.6 is 0 Å². The first-order chi connectivity index (χ1) is 7.66.